The molecule has 0 aromatic heterocycles. The van der Waals surface area contributed by atoms with E-state index >= 15 is 0 Å². The van der Waals surface area contributed by atoms with E-state index in [9.17, 15) is 0 Å². The summed E-state index contributed by atoms with van der Waals surface area (Å²) in [6.07, 6.45) is 10.1. The summed E-state index contributed by atoms with van der Waals surface area (Å²) in [7, 11) is 0. The predicted molar refractivity (Wildman–Crippen MR) is 86.2 cm³/mol. The maximum absolute atomic E-state index is 2.16. The van der Waals surface area contributed by atoms with E-state index in [0.29, 0.717) is 0 Å². The van der Waals surface area contributed by atoms with E-state index in [0.717, 1.165) is 6.42 Å². The lowest BCUT2D eigenvalue weighted by atomic mass is 10.0. The van der Waals surface area contributed by atoms with Crippen molar-refractivity contribution in [2.24, 2.45) is 0 Å². The predicted octanol–water partition coefficient (Wildman–Crippen LogP) is 6.64. The summed E-state index contributed by atoms with van der Waals surface area (Å²) in [6.45, 7) is 10.2. The van der Waals surface area contributed by atoms with Crippen LogP contribution in [0.4, 0.5) is 0 Å². The minimum absolute atomic E-state index is 1.14. The Morgan fingerprint density at radius 2 is 1.00 bits per heavy atom. The minimum Gasteiger partial charge on any atom is -0.0683 e. The second-order valence-electron chi connectivity index (χ2n) is 3.96. The van der Waals surface area contributed by atoms with Crippen molar-refractivity contribution in [1.82, 2.24) is 0 Å². The third-order valence-electron chi connectivity index (χ3n) is 2.75. The van der Waals surface area contributed by atoms with Crippen LogP contribution in [0.2, 0.25) is 0 Å². The molecule has 1 aliphatic rings. The van der Waals surface area contributed by atoms with Crippen molar-refractivity contribution in [3.8, 4) is 0 Å². The number of rotatable bonds is 1. The smallest absolute Gasteiger partial charge is 0.0307 e. The molecule has 0 unspecified atom stereocenters. The van der Waals surface area contributed by atoms with Gasteiger partial charge in [0.15, 0.2) is 0 Å². The van der Waals surface area contributed by atoms with Crippen LogP contribution < -0.4 is 0 Å². The molecule has 18 heavy (non-hydrogen) atoms. The highest BCUT2D eigenvalue weighted by atomic mass is 14.0. The Morgan fingerprint density at radius 1 is 0.667 bits per heavy atom. The molecule has 1 saturated carbocycles. The van der Waals surface area contributed by atoms with Crippen LogP contribution in [-0.4, -0.2) is 0 Å². The molecule has 0 heteroatoms. The van der Waals surface area contributed by atoms with E-state index in [-0.39, 0.29) is 0 Å². The van der Waals surface area contributed by atoms with Crippen LogP contribution >= 0.6 is 0 Å². The maximum Gasteiger partial charge on any atom is -0.0307 e. The van der Waals surface area contributed by atoms with Gasteiger partial charge in [-0.3, -0.25) is 0 Å². The van der Waals surface area contributed by atoms with Crippen molar-refractivity contribution < 1.29 is 0 Å². The third kappa shape index (κ3) is 13.3. The molecule has 0 heterocycles. The highest BCUT2D eigenvalue weighted by molar-refractivity contribution is 5.13. The van der Waals surface area contributed by atoms with Crippen LogP contribution in [0.3, 0.4) is 0 Å². The Kier molecular flexibility index (Phi) is 20.2. The molecule has 106 valence electrons. The van der Waals surface area contributed by atoms with Crippen LogP contribution in [0.5, 0.6) is 0 Å². The lowest BCUT2D eigenvalue weighted by Gasteiger charge is -2.05. The molecule has 0 spiro atoms. The van der Waals surface area contributed by atoms with Gasteiger partial charge in [0.1, 0.15) is 0 Å². The van der Waals surface area contributed by atoms with E-state index in [2.05, 4.69) is 31.2 Å². The van der Waals surface area contributed by atoms with Gasteiger partial charge in [0.25, 0.3) is 0 Å². The van der Waals surface area contributed by atoms with Crippen molar-refractivity contribution >= 4 is 0 Å². The van der Waals surface area contributed by atoms with Gasteiger partial charge in [-0.1, -0.05) is 103 Å². The van der Waals surface area contributed by atoms with E-state index in [1.54, 1.807) is 0 Å². The van der Waals surface area contributed by atoms with Gasteiger partial charge in [-0.15, -0.1) is 0 Å². The zero-order valence-electron chi connectivity index (χ0n) is 13.3. The van der Waals surface area contributed by atoms with Gasteiger partial charge in [-0.2, -0.15) is 0 Å². The van der Waals surface area contributed by atoms with Crippen LogP contribution in [0.25, 0.3) is 0 Å². The summed E-state index contributed by atoms with van der Waals surface area (Å²) in [5.41, 5.74) is 1.41. The number of hydrogen-bond acceptors (Lipinski definition) is 0. The van der Waals surface area contributed by atoms with Gasteiger partial charge >= 0.3 is 0 Å². The second-order valence-corrected chi connectivity index (χ2v) is 3.96. The van der Waals surface area contributed by atoms with Gasteiger partial charge in [0, 0.05) is 0 Å². The van der Waals surface area contributed by atoms with E-state index < -0.39 is 0 Å². The minimum atomic E-state index is 1.14. The average Bonchev–Trinajstić information content (AvgIpc) is 2.54. The summed E-state index contributed by atoms with van der Waals surface area (Å²) in [4.78, 5) is 0. The SMILES string of the molecule is C1CCCCC1.CC.CC.CCc1ccccc1. The normalized spacial score (nSPS) is 12.7. The van der Waals surface area contributed by atoms with Gasteiger partial charge in [-0.25, -0.2) is 0 Å². The highest BCUT2D eigenvalue weighted by Gasteiger charge is 1.95. The molecule has 0 radical (unpaired) electrons. The molecule has 0 bridgehead atoms. The molecule has 0 N–H and O–H groups in total. The first-order valence-corrected chi connectivity index (χ1v) is 7.97. The van der Waals surface area contributed by atoms with E-state index in [1.807, 2.05) is 33.8 Å². The number of aryl methyl sites for hydroxylation is 1. The largest absolute Gasteiger partial charge is 0.0683 e. The Balaban J connectivity index is 0. The topological polar surface area (TPSA) is 0 Å². The molecule has 1 aliphatic carbocycles. The second kappa shape index (κ2) is 18.6. The van der Waals surface area contributed by atoms with E-state index in [1.165, 1.54) is 44.1 Å². The molecule has 1 fully saturated rings. The van der Waals surface area contributed by atoms with Crippen molar-refractivity contribution in [3.05, 3.63) is 35.9 Å². The Bertz CT molecular complexity index is 197. The van der Waals surface area contributed by atoms with Crippen LogP contribution in [0.1, 0.15) is 78.7 Å². The summed E-state index contributed by atoms with van der Waals surface area (Å²) < 4.78 is 0. The van der Waals surface area contributed by atoms with Crippen molar-refractivity contribution in [2.75, 3.05) is 0 Å². The van der Waals surface area contributed by atoms with Crippen LogP contribution in [-0.2, 0) is 6.42 Å². The fourth-order valence-corrected chi connectivity index (χ4v) is 1.77. The fourth-order valence-electron chi connectivity index (χ4n) is 1.77. The summed E-state index contributed by atoms with van der Waals surface area (Å²) in [5.74, 6) is 0. The Hall–Kier alpha value is -0.780. The summed E-state index contributed by atoms with van der Waals surface area (Å²) in [6, 6.07) is 10.5. The van der Waals surface area contributed by atoms with Crippen molar-refractivity contribution in [2.45, 2.75) is 79.6 Å². The number of hydrogen-bond donors (Lipinski definition) is 0. The lowest BCUT2D eigenvalue weighted by Crippen LogP contribution is -1.85. The lowest BCUT2D eigenvalue weighted by molar-refractivity contribution is 0.504. The molecule has 1 aromatic rings. The van der Waals surface area contributed by atoms with Gasteiger partial charge < -0.3 is 0 Å². The van der Waals surface area contributed by atoms with Crippen LogP contribution in [0, 0.1) is 0 Å². The van der Waals surface area contributed by atoms with E-state index in [4.69, 9.17) is 0 Å². The molecule has 0 atom stereocenters. The van der Waals surface area contributed by atoms with Gasteiger partial charge in [0.05, 0.1) is 0 Å². The van der Waals surface area contributed by atoms with Crippen molar-refractivity contribution in [3.63, 3.8) is 0 Å². The molecular weight excluding hydrogens is 216 g/mol. The summed E-state index contributed by atoms with van der Waals surface area (Å²) >= 11 is 0. The van der Waals surface area contributed by atoms with Gasteiger partial charge in [-0.05, 0) is 12.0 Å². The quantitative estimate of drug-likeness (QED) is 0.524. The molecular formula is C18H34. The third-order valence-corrected chi connectivity index (χ3v) is 2.75. The van der Waals surface area contributed by atoms with Crippen LogP contribution in [0.15, 0.2) is 30.3 Å². The maximum atomic E-state index is 2.16. The molecule has 0 saturated heterocycles. The molecule has 0 amide bonds. The van der Waals surface area contributed by atoms with Crippen molar-refractivity contribution in [1.29, 1.82) is 0 Å². The zero-order valence-corrected chi connectivity index (χ0v) is 13.3. The number of benzene rings is 1. The first-order chi connectivity index (χ1) is 8.93. The Labute approximate surface area is 116 Å². The average molecular weight is 250 g/mol. The molecule has 0 nitrogen and oxygen atoms in total. The highest BCUT2D eigenvalue weighted by Crippen LogP contribution is 2.15. The Morgan fingerprint density at radius 3 is 1.22 bits per heavy atom. The summed E-state index contributed by atoms with van der Waals surface area (Å²) in [5, 5.41) is 0. The molecule has 2 rings (SSSR count). The molecule has 1 aromatic carbocycles. The first kappa shape index (κ1) is 19.6. The standard InChI is InChI=1S/C8H10.C6H12.2C2H6/c1-2-8-6-4-3-5-7-8;1-2-4-6-5-3-1;2*1-2/h3-7H,2H2,1H3;1-6H2;2*1-2H3. The monoisotopic (exact) mass is 250 g/mol. The first-order valence-electron chi connectivity index (χ1n) is 7.97. The van der Waals surface area contributed by atoms with Gasteiger partial charge in [0.2, 0.25) is 0 Å². The zero-order chi connectivity index (χ0) is 14.1. The fraction of sp³-hybridized carbons (Fsp3) is 0.667. The molecule has 0 aliphatic heterocycles.